The molecular weight excluding hydrogens is 402 g/mol. The summed E-state index contributed by atoms with van der Waals surface area (Å²) in [7, 11) is 0. The lowest BCUT2D eigenvalue weighted by Crippen LogP contribution is -2.39. The molecule has 3 heteroatoms. The van der Waals surface area contributed by atoms with Gasteiger partial charge in [0.25, 0.3) is 0 Å². The molecule has 0 aliphatic rings. The van der Waals surface area contributed by atoms with Crippen molar-refractivity contribution in [1.29, 1.82) is 0 Å². The fraction of sp³-hybridized carbons (Fsp3) is 0.100. The van der Waals surface area contributed by atoms with Gasteiger partial charge in [-0.25, -0.2) is 4.98 Å². The molecule has 4 aromatic carbocycles. The molecule has 0 unspecified atom stereocenters. The van der Waals surface area contributed by atoms with Crippen LogP contribution in [-0.2, 0) is 18.6 Å². The maximum Gasteiger partial charge on any atom is 0.121 e. The van der Waals surface area contributed by atoms with Crippen molar-refractivity contribution in [2.75, 3.05) is 0 Å². The number of benzene rings is 4. The topological polar surface area (TPSA) is 29.9 Å². The van der Waals surface area contributed by atoms with Crippen molar-refractivity contribution < 1.29 is 0 Å². The lowest BCUT2D eigenvalue weighted by atomic mass is 9.76. The minimum Gasteiger partial charge on any atom is -0.315 e. The summed E-state index contributed by atoms with van der Waals surface area (Å²) in [6, 6.07) is 42.6. The summed E-state index contributed by atoms with van der Waals surface area (Å²) in [5.41, 5.74) is 5.45. The van der Waals surface area contributed by atoms with E-state index in [2.05, 4.69) is 130 Å². The molecule has 0 saturated carbocycles. The molecule has 33 heavy (non-hydrogen) atoms. The highest BCUT2D eigenvalue weighted by molar-refractivity contribution is 5.51. The number of hydrogen-bond donors (Lipinski definition) is 1. The average molecular weight is 430 g/mol. The maximum atomic E-state index is 4.61. The quantitative estimate of drug-likeness (QED) is 0.306. The predicted octanol–water partition coefficient (Wildman–Crippen LogP) is 6.01. The molecule has 1 N–H and O–H groups in total. The van der Waals surface area contributed by atoms with Crippen LogP contribution in [0.3, 0.4) is 0 Å². The van der Waals surface area contributed by atoms with Crippen LogP contribution in [0.4, 0.5) is 0 Å². The first-order valence-electron chi connectivity index (χ1n) is 11.3. The van der Waals surface area contributed by atoms with Crippen molar-refractivity contribution in [1.82, 2.24) is 14.9 Å². The molecule has 0 radical (unpaired) electrons. The van der Waals surface area contributed by atoms with Gasteiger partial charge < -0.3 is 9.88 Å². The minimum absolute atomic E-state index is 0.538. The van der Waals surface area contributed by atoms with Gasteiger partial charge in [0, 0.05) is 19.3 Å². The summed E-state index contributed by atoms with van der Waals surface area (Å²) in [5, 5.41) is 3.61. The van der Waals surface area contributed by atoms with Crippen molar-refractivity contribution in [2.24, 2.45) is 0 Å². The van der Waals surface area contributed by atoms with Gasteiger partial charge in [-0.15, -0.1) is 0 Å². The highest BCUT2D eigenvalue weighted by Gasteiger charge is 2.39. The Bertz CT molecular complexity index is 1170. The Morgan fingerprint density at radius 3 is 1.52 bits per heavy atom. The van der Waals surface area contributed by atoms with Gasteiger partial charge in [0.05, 0.1) is 12.0 Å². The molecule has 0 aliphatic carbocycles. The van der Waals surface area contributed by atoms with Crippen LogP contribution in [0.25, 0.3) is 0 Å². The molecule has 162 valence electrons. The first-order valence-corrected chi connectivity index (χ1v) is 11.3. The first-order chi connectivity index (χ1) is 16.4. The molecule has 0 aliphatic heterocycles. The van der Waals surface area contributed by atoms with Gasteiger partial charge >= 0.3 is 0 Å². The lowest BCUT2D eigenvalue weighted by Gasteiger charge is -2.38. The van der Waals surface area contributed by atoms with E-state index in [0.29, 0.717) is 6.54 Å². The first kappa shape index (κ1) is 20.9. The molecule has 0 saturated heterocycles. The number of nitrogens with one attached hydrogen (secondary N) is 1. The predicted molar refractivity (Wildman–Crippen MR) is 134 cm³/mol. The molecule has 0 atom stereocenters. The number of imidazole rings is 1. The third kappa shape index (κ3) is 4.11. The molecule has 1 heterocycles. The van der Waals surface area contributed by atoms with Crippen molar-refractivity contribution in [3.63, 3.8) is 0 Å². The number of nitrogens with zero attached hydrogens (tertiary/aromatic N) is 2. The molecule has 5 aromatic rings. The molecule has 0 bridgehead atoms. The Kier molecular flexibility index (Phi) is 6.14. The molecule has 1 aromatic heterocycles. The van der Waals surface area contributed by atoms with E-state index < -0.39 is 5.54 Å². The van der Waals surface area contributed by atoms with Crippen LogP contribution >= 0.6 is 0 Å². The normalized spacial score (nSPS) is 11.4. The molecular formula is C30H27N3. The summed E-state index contributed by atoms with van der Waals surface area (Å²) in [5.74, 6) is 0. The molecule has 5 rings (SSSR count). The summed E-state index contributed by atoms with van der Waals surface area (Å²) >= 11 is 0. The van der Waals surface area contributed by atoms with E-state index in [1.54, 1.807) is 0 Å². The number of aromatic nitrogens is 2. The minimum atomic E-state index is -0.538. The second kappa shape index (κ2) is 9.68. The number of hydrogen-bond acceptors (Lipinski definition) is 2. The van der Waals surface area contributed by atoms with Crippen LogP contribution < -0.4 is 5.32 Å². The van der Waals surface area contributed by atoms with Crippen LogP contribution in [0, 0.1) is 0 Å². The third-order valence-electron chi connectivity index (χ3n) is 6.13. The molecule has 0 fully saturated rings. The molecule has 0 amide bonds. The SMILES string of the molecule is c1ccc(CNCc2cncn2C(c2ccccc2)(c2ccccc2)c2ccccc2)cc1. The van der Waals surface area contributed by atoms with Gasteiger partial charge in [0.15, 0.2) is 0 Å². The monoisotopic (exact) mass is 429 g/mol. The standard InChI is InChI=1S/C30H27N3/c1-5-13-25(14-6-1)21-31-22-29-23-32-24-33(29)30(26-15-7-2-8-16-26,27-17-9-3-10-18-27)28-19-11-4-12-20-28/h1-20,23-24,31H,21-22H2. The third-order valence-corrected chi connectivity index (χ3v) is 6.13. The van der Waals surface area contributed by atoms with Crippen molar-refractivity contribution in [3.05, 3.63) is 162 Å². The zero-order valence-corrected chi connectivity index (χ0v) is 18.5. The van der Waals surface area contributed by atoms with Crippen LogP contribution in [-0.4, -0.2) is 9.55 Å². The average Bonchev–Trinajstić information content (AvgIpc) is 3.36. The zero-order valence-electron chi connectivity index (χ0n) is 18.5. The van der Waals surface area contributed by atoms with Gasteiger partial charge in [-0.2, -0.15) is 0 Å². The summed E-state index contributed by atoms with van der Waals surface area (Å²) < 4.78 is 2.32. The van der Waals surface area contributed by atoms with Crippen molar-refractivity contribution in [2.45, 2.75) is 18.6 Å². The van der Waals surface area contributed by atoms with E-state index in [9.17, 15) is 0 Å². The second-order valence-electron chi connectivity index (χ2n) is 8.15. The largest absolute Gasteiger partial charge is 0.315 e. The summed E-state index contributed by atoms with van der Waals surface area (Å²) in [6.45, 7) is 1.52. The summed E-state index contributed by atoms with van der Waals surface area (Å²) in [6.07, 6.45) is 3.94. The van der Waals surface area contributed by atoms with E-state index in [0.717, 1.165) is 12.2 Å². The summed E-state index contributed by atoms with van der Waals surface area (Å²) in [4.78, 5) is 4.61. The van der Waals surface area contributed by atoms with Crippen molar-refractivity contribution >= 4 is 0 Å². The zero-order chi connectivity index (χ0) is 22.3. The van der Waals surface area contributed by atoms with E-state index in [-0.39, 0.29) is 0 Å². The number of rotatable bonds is 8. The lowest BCUT2D eigenvalue weighted by molar-refractivity contribution is 0.484. The van der Waals surface area contributed by atoms with Crippen LogP contribution in [0.15, 0.2) is 134 Å². The molecule has 0 spiro atoms. The highest BCUT2D eigenvalue weighted by Crippen LogP contribution is 2.41. The smallest absolute Gasteiger partial charge is 0.121 e. The maximum absolute atomic E-state index is 4.61. The second-order valence-corrected chi connectivity index (χ2v) is 8.15. The van der Waals surface area contributed by atoms with Gasteiger partial charge in [0.1, 0.15) is 5.54 Å². The Labute approximate surface area is 195 Å². The van der Waals surface area contributed by atoms with E-state index in [1.807, 2.05) is 18.6 Å². The van der Waals surface area contributed by atoms with Crippen LogP contribution in [0.2, 0.25) is 0 Å². The van der Waals surface area contributed by atoms with E-state index in [1.165, 1.54) is 22.3 Å². The van der Waals surface area contributed by atoms with Crippen molar-refractivity contribution in [3.8, 4) is 0 Å². The van der Waals surface area contributed by atoms with Gasteiger partial charge in [0.2, 0.25) is 0 Å². The van der Waals surface area contributed by atoms with Gasteiger partial charge in [-0.1, -0.05) is 121 Å². The van der Waals surface area contributed by atoms with Gasteiger partial charge in [-0.3, -0.25) is 0 Å². The Morgan fingerprint density at radius 1 is 0.576 bits per heavy atom. The Morgan fingerprint density at radius 2 is 1.03 bits per heavy atom. The van der Waals surface area contributed by atoms with Crippen LogP contribution in [0.5, 0.6) is 0 Å². The van der Waals surface area contributed by atoms with Gasteiger partial charge in [-0.05, 0) is 22.3 Å². The molecule has 3 nitrogen and oxygen atoms in total. The Hall–Kier alpha value is -3.95. The highest BCUT2D eigenvalue weighted by atomic mass is 15.1. The van der Waals surface area contributed by atoms with E-state index in [4.69, 9.17) is 0 Å². The van der Waals surface area contributed by atoms with Crippen LogP contribution in [0.1, 0.15) is 27.9 Å². The fourth-order valence-corrected chi connectivity index (χ4v) is 4.64. The fourth-order valence-electron chi connectivity index (χ4n) is 4.64. The van der Waals surface area contributed by atoms with E-state index >= 15 is 0 Å². The Balaban J connectivity index is 1.64.